The summed E-state index contributed by atoms with van der Waals surface area (Å²) in [6.45, 7) is 0.334. The van der Waals surface area contributed by atoms with E-state index in [4.69, 9.17) is 37.4 Å². The van der Waals surface area contributed by atoms with E-state index in [0.29, 0.717) is 21.5 Å². The van der Waals surface area contributed by atoms with E-state index >= 15 is 0 Å². The topological polar surface area (TPSA) is 44.8 Å². The molecule has 6 heteroatoms. The van der Waals surface area contributed by atoms with E-state index in [1.54, 1.807) is 30.3 Å². The van der Waals surface area contributed by atoms with Crippen molar-refractivity contribution in [3.63, 3.8) is 0 Å². The van der Waals surface area contributed by atoms with Gasteiger partial charge in [0.1, 0.15) is 12.5 Å². The number of benzene rings is 3. The van der Waals surface area contributed by atoms with Crippen LogP contribution in [0, 0.1) is 0 Å². The van der Waals surface area contributed by atoms with Gasteiger partial charge < -0.3 is 14.2 Å². The van der Waals surface area contributed by atoms with Crippen LogP contribution in [0.15, 0.2) is 66.7 Å². The Kier molecular flexibility index (Phi) is 5.42. The Morgan fingerprint density at radius 1 is 0.857 bits per heavy atom. The molecule has 3 aromatic carbocycles. The van der Waals surface area contributed by atoms with Gasteiger partial charge in [0, 0.05) is 10.0 Å². The predicted molar refractivity (Wildman–Crippen MR) is 107 cm³/mol. The molecule has 3 aromatic rings. The fourth-order valence-electron chi connectivity index (χ4n) is 3.04. The maximum absolute atomic E-state index is 13.0. The minimum Gasteiger partial charge on any atom is -0.460 e. The highest BCUT2D eigenvalue weighted by Gasteiger charge is 2.25. The normalized spacial score (nSPS) is 12.2. The first-order valence-corrected chi connectivity index (χ1v) is 9.42. The van der Waals surface area contributed by atoms with Gasteiger partial charge >= 0.3 is 5.97 Å². The van der Waals surface area contributed by atoms with E-state index in [9.17, 15) is 4.79 Å². The van der Waals surface area contributed by atoms with E-state index in [2.05, 4.69) is 0 Å². The fourth-order valence-corrected chi connectivity index (χ4v) is 3.30. The summed E-state index contributed by atoms with van der Waals surface area (Å²) in [5, 5.41) is 1.21. The quantitative estimate of drug-likeness (QED) is 0.509. The molecule has 1 heterocycles. The molecular weight excluding hydrogens is 399 g/mol. The summed E-state index contributed by atoms with van der Waals surface area (Å²) in [6, 6.07) is 19.8. The highest BCUT2D eigenvalue weighted by atomic mass is 35.5. The van der Waals surface area contributed by atoms with Gasteiger partial charge in [-0.3, -0.25) is 4.79 Å². The van der Waals surface area contributed by atoms with Gasteiger partial charge in [-0.15, -0.1) is 0 Å². The first-order chi connectivity index (χ1) is 13.6. The predicted octanol–water partition coefficient (Wildman–Crippen LogP) is 5.60. The third-order valence-corrected chi connectivity index (χ3v) is 4.96. The second-order valence-electron chi connectivity index (χ2n) is 6.33. The van der Waals surface area contributed by atoms with Gasteiger partial charge in [0.05, 0.1) is 0 Å². The van der Waals surface area contributed by atoms with Crippen LogP contribution in [0.3, 0.4) is 0 Å². The number of rotatable bonds is 5. The van der Waals surface area contributed by atoms with Crippen molar-refractivity contribution in [3.8, 4) is 11.5 Å². The van der Waals surface area contributed by atoms with Crippen molar-refractivity contribution in [1.29, 1.82) is 0 Å². The van der Waals surface area contributed by atoms with Crippen molar-refractivity contribution in [3.05, 3.63) is 93.5 Å². The van der Waals surface area contributed by atoms with Crippen LogP contribution in [0.4, 0.5) is 0 Å². The highest BCUT2D eigenvalue weighted by Crippen LogP contribution is 2.33. The second kappa shape index (κ2) is 8.13. The standard InChI is InChI=1S/C22H16Cl2O4/c23-17-6-2-15(3-7-17)21(16-4-8-18(24)9-5-16)22(25)26-12-14-1-10-19-20(11-14)28-13-27-19/h1-11,21H,12-13H2. The first-order valence-electron chi connectivity index (χ1n) is 8.66. The van der Waals surface area contributed by atoms with Crippen LogP contribution in [0.25, 0.3) is 0 Å². The summed E-state index contributed by atoms with van der Waals surface area (Å²) in [7, 11) is 0. The smallest absolute Gasteiger partial charge is 0.318 e. The SMILES string of the molecule is O=C(OCc1ccc2c(c1)OCO2)C(c1ccc(Cl)cc1)c1ccc(Cl)cc1. The van der Waals surface area contributed by atoms with E-state index in [1.165, 1.54) is 0 Å². The summed E-state index contributed by atoms with van der Waals surface area (Å²) in [4.78, 5) is 13.0. The Hall–Kier alpha value is -2.69. The molecule has 0 unspecified atom stereocenters. The third-order valence-electron chi connectivity index (χ3n) is 4.46. The molecule has 0 bridgehead atoms. The molecule has 4 rings (SSSR count). The molecule has 0 N–H and O–H groups in total. The number of halogens is 2. The number of hydrogen-bond donors (Lipinski definition) is 0. The molecule has 4 nitrogen and oxygen atoms in total. The molecule has 1 aliphatic heterocycles. The Balaban J connectivity index is 1.56. The van der Waals surface area contributed by atoms with Crippen LogP contribution in [0.5, 0.6) is 11.5 Å². The molecule has 0 aliphatic carbocycles. The summed E-state index contributed by atoms with van der Waals surface area (Å²) < 4.78 is 16.3. The zero-order chi connectivity index (χ0) is 19.5. The van der Waals surface area contributed by atoms with Crippen molar-refractivity contribution in [2.45, 2.75) is 12.5 Å². The van der Waals surface area contributed by atoms with Crippen LogP contribution in [-0.4, -0.2) is 12.8 Å². The van der Waals surface area contributed by atoms with Crippen LogP contribution < -0.4 is 9.47 Å². The molecule has 0 saturated heterocycles. The highest BCUT2D eigenvalue weighted by molar-refractivity contribution is 6.30. The molecule has 0 atom stereocenters. The number of carbonyl (C=O) groups is 1. The van der Waals surface area contributed by atoms with Gasteiger partial charge in [0.15, 0.2) is 11.5 Å². The lowest BCUT2D eigenvalue weighted by atomic mass is 9.91. The lowest BCUT2D eigenvalue weighted by Gasteiger charge is -2.17. The van der Waals surface area contributed by atoms with E-state index in [-0.39, 0.29) is 19.4 Å². The van der Waals surface area contributed by atoms with E-state index < -0.39 is 5.92 Å². The van der Waals surface area contributed by atoms with Gasteiger partial charge in [-0.25, -0.2) is 0 Å². The molecular formula is C22H16Cl2O4. The van der Waals surface area contributed by atoms with Gasteiger partial charge in [-0.2, -0.15) is 0 Å². The Morgan fingerprint density at radius 2 is 1.43 bits per heavy atom. The maximum atomic E-state index is 13.0. The third kappa shape index (κ3) is 4.08. The van der Waals surface area contributed by atoms with Crippen molar-refractivity contribution in [1.82, 2.24) is 0 Å². The summed E-state index contributed by atoms with van der Waals surface area (Å²) >= 11 is 12.0. The lowest BCUT2D eigenvalue weighted by Crippen LogP contribution is -2.17. The van der Waals surface area contributed by atoms with Gasteiger partial charge in [0.2, 0.25) is 6.79 Å². The van der Waals surface area contributed by atoms with Crippen molar-refractivity contribution in [2.24, 2.45) is 0 Å². The zero-order valence-electron chi connectivity index (χ0n) is 14.7. The average molecular weight is 415 g/mol. The van der Waals surface area contributed by atoms with Crippen molar-refractivity contribution in [2.75, 3.05) is 6.79 Å². The first kappa shape index (κ1) is 18.7. The minimum absolute atomic E-state index is 0.132. The molecule has 0 fully saturated rings. The number of esters is 1. The summed E-state index contributed by atoms with van der Waals surface area (Å²) in [5.74, 6) is 0.404. The summed E-state index contributed by atoms with van der Waals surface area (Å²) in [6.07, 6.45) is 0. The monoisotopic (exact) mass is 414 g/mol. The Morgan fingerprint density at radius 3 is 2.04 bits per heavy atom. The van der Waals surface area contributed by atoms with Crippen molar-refractivity contribution < 1.29 is 19.0 Å². The number of fused-ring (bicyclic) bond motifs is 1. The van der Waals surface area contributed by atoms with Crippen LogP contribution in [0.2, 0.25) is 10.0 Å². The molecule has 0 saturated carbocycles. The molecule has 0 radical (unpaired) electrons. The minimum atomic E-state index is -0.580. The largest absolute Gasteiger partial charge is 0.460 e. The Bertz CT molecular complexity index is 939. The molecule has 1 aliphatic rings. The van der Waals surface area contributed by atoms with Crippen molar-refractivity contribution >= 4 is 29.2 Å². The number of hydrogen-bond acceptors (Lipinski definition) is 4. The fraction of sp³-hybridized carbons (Fsp3) is 0.136. The number of carbonyl (C=O) groups excluding carboxylic acids is 1. The van der Waals surface area contributed by atoms with Gasteiger partial charge in [0.25, 0.3) is 0 Å². The Labute approximate surface area is 172 Å². The lowest BCUT2D eigenvalue weighted by molar-refractivity contribution is -0.145. The van der Waals surface area contributed by atoms with Gasteiger partial charge in [-0.05, 0) is 53.1 Å². The molecule has 0 aromatic heterocycles. The van der Waals surface area contributed by atoms with Crippen LogP contribution >= 0.6 is 23.2 Å². The zero-order valence-corrected chi connectivity index (χ0v) is 16.2. The van der Waals surface area contributed by atoms with E-state index in [1.807, 2.05) is 36.4 Å². The number of ether oxygens (including phenoxy) is 3. The molecule has 0 spiro atoms. The maximum Gasteiger partial charge on any atom is 0.318 e. The van der Waals surface area contributed by atoms with Crippen LogP contribution in [0.1, 0.15) is 22.6 Å². The molecule has 0 amide bonds. The molecule has 28 heavy (non-hydrogen) atoms. The van der Waals surface area contributed by atoms with Gasteiger partial charge in [-0.1, -0.05) is 53.5 Å². The average Bonchev–Trinajstić information content (AvgIpc) is 3.17. The summed E-state index contributed by atoms with van der Waals surface area (Å²) in [5.41, 5.74) is 2.41. The van der Waals surface area contributed by atoms with Crippen LogP contribution in [-0.2, 0) is 16.1 Å². The second-order valence-corrected chi connectivity index (χ2v) is 7.20. The van der Waals surface area contributed by atoms with E-state index in [0.717, 1.165) is 16.7 Å². The molecule has 142 valence electrons.